The predicted octanol–water partition coefficient (Wildman–Crippen LogP) is 2.33. The molecule has 1 aliphatic heterocycles. The number of allylic oxidation sites excluding steroid dienone is 2. The first-order valence-electron chi connectivity index (χ1n) is 5.69. The van der Waals surface area contributed by atoms with E-state index in [0.717, 1.165) is 0 Å². The predicted molar refractivity (Wildman–Crippen MR) is 75.4 cm³/mol. The van der Waals surface area contributed by atoms with Crippen molar-refractivity contribution in [1.82, 2.24) is 5.32 Å². The highest BCUT2D eigenvalue weighted by Crippen LogP contribution is 2.39. The first-order chi connectivity index (χ1) is 9.47. The van der Waals surface area contributed by atoms with Crippen LogP contribution in [0.2, 0.25) is 10.0 Å². The normalized spacial score (nSPS) is 22.4. The van der Waals surface area contributed by atoms with Gasteiger partial charge in [0.1, 0.15) is 5.75 Å². The number of dihydropyridines is 1. The Labute approximate surface area is 126 Å². The number of aliphatic hydroxyl groups excluding tert-OH is 1. The highest BCUT2D eigenvalue weighted by Gasteiger charge is 2.31. The monoisotopic (exact) mass is 317 g/mol. The van der Waals surface area contributed by atoms with E-state index in [9.17, 15) is 10.2 Å². The molecular formula is C13H13Cl2NO4. The van der Waals surface area contributed by atoms with Crippen molar-refractivity contribution in [3.05, 3.63) is 52.2 Å². The van der Waals surface area contributed by atoms with E-state index in [2.05, 4.69) is 5.32 Å². The van der Waals surface area contributed by atoms with Crippen molar-refractivity contribution < 1.29 is 19.7 Å². The third-order valence-electron chi connectivity index (χ3n) is 2.66. The summed E-state index contributed by atoms with van der Waals surface area (Å²) < 4.78 is 10.3. The van der Waals surface area contributed by atoms with Gasteiger partial charge in [-0.25, -0.2) is 0 Å². The Morgan fingerprint density at radius 1 is 1.25 bits per heavy atom. The number of hydrogen-bond acceptors (Lipinski definition) is 5. The van der Waals surface area contributed by atoms with Gasteiger partial charge in [0.25, 0.3) is 5.91 Å². The van der Waals surface area contributed by atoms with Gasteiger partial charge in [0.05, 0.1) is 22.7 Å². The van der Waals surface area contributed by atoms with Gasteiger partial charge in [-0.3, -0.25) is 4.74 Å². The number of nitrogens with one attached hydrogen (secondary N) is 1. The largest absolute Gasteiger partial charge is 0.495 e. The van der Waals surface area contributed by atoms with Crippen molar-refractivity contribution >= 4 is 23.2 Å². The Bertz CT molecular complexity index is 562. The van der Waals surface area contributed by atoms with Crippen LogP contribution < -0.4 is 10.1 Å². The molecule has 0 bridgehead atoms. The van der Waals surface area contributed by atoms with E-state index in [4.69, 9.17) is 32.7 Å². The van der Waals surface area contributed by atoms with Crippen LogP contribution in [0.5, 0.6) is 5.75 Å². The molecular weight excluding hydrogens is 305 g/mol. The van der Waals surface area contributed by atoms with Crippen LogP contribution >= 0.6 is 23.2 Å². The number of rotatable bonds is 4. The standard InChI is InChI=1S/C13H13Cl2NO4/c1-19-11-9(15)5-4-8(14)10(11)12(17)20-13(18)6-2-3-7-16-13/h2-7,12,16-18H,1H3/t12?,13-/m1/s1. The summed E-state index contributed by atoms with van der Waals surface area (Å²) in [5.74, 6) is -1.66. The lowest BCUT2D eigenvalue weighted by Crippen LogP contribution is -2.45. The van der Waals surface area contributed by atoms with Gasteiger partial charge in [-0.1, -0.05) is 29.3 Å². The second kappa shape index (κ2) is 6.03. The molecule has 20 heavy (non-hydrogen) atoms. The number of ether oxygens (including phenoxy) is 2. The van der Waals surface area contributed by atoms with Crippen molar-refractivity contribution in [3.63, 3.8) is 0 Å². The molecule has 0 aliphatic carbocycles. The number of benzene rings is 1. The highest BCUT2D eigenvalue weighted by molar-refractivity contribution is 6.34. The highest BCUT2D eigenvalue weighted by atomic mass is 35.5. The van der Waals surface area contributed by atoms with Crippen LogP contribution in [0, 0.1) is 0 Å². The van der Waals surface area contributed by atoms with Crippen molar-refractivity contribution in [2.75, 3.05) is 7.11 Å². The molecule has 0 amide bonds. The molecule has 0 spiro atoms. The van der Waals surface area contributed by atoms with Crippen LogP contribution in [0.4, 0.5) is 0 Å². The summed E-state index contributed by atoms with van der Waals surface area (Å²) in [5, 5.41) is 23.3. The molecule has 1 aromatic carbocycles. The minimum atomic E-state index is -1.84. The van der Waals surface area contributed by atoms with Crippen molar-refractivity contribution in [1.29, 1.82) is 0 Å². The lowest BCUT2D eigenvalue weighted by atomic mass is 10.2. The van der Waals surface area contributed by atoms with Crippen LogP contribution in [-0.4, -0.2) is 23.2 Å². The molecule has 2 rings (SSSR count). The fourth-order valence-corrected chi connectivity index (χ4v) is 2.23. The fraction of sp³-hybridized carbons (Fsp3) is 0.231. The van der Waals surface area contributed by atoms with Gasteiger partial charge in [-0.15, -0.1) is 0 Å². The van der Waals surface area contributed by atoms with E-state index in [-0.39, 0.29) is 21.4 Å². The van der Waals surface area contributed by atoms with Crippen LogP contribution in [0.15, 0.2) is 36.6 Å². The second-order valence-corrected chi connectivity index (χ2v) is 4.82. The minimum Gasteiger partial charge on any atom is -0.495 e. The van der Waals surface area contributed by atoms with Gasteiger partial charge >= 0.3 is 0 Å². The van der Waals surface area contributed by atoms with Gasteiger partial charge in [-0.2, -0.15) is 0 Å². The zero-order chi connectivity index (χ0) is 14.8. The fourth-order valence-electron chi connectivity index (χ4n) is 1.75. The maximum Gasteiger partial charge on any atom is 0.270 e. The molecule has 108 valence electrons. The molecule has 0 radical (unpaired) electrons. The Hall–Kier alpha value is -1.24. The zero-order valence-corrected chi connectivity index (χ0v) is 12.0. The van der Waals surface area contributed by atoms with E-state index in [1.54, 1.807) is 12.2 Å². The first kappa shape index (κ1) is 15.2. The molecule has 1 heterocycles. The van der Waals surface area contributed by atoms with Crippen molar-refractivity contribution in [2.24, 2.45) is 0 Å². The number of aliphatic hydroxyl groups is 2. The summed E-state index contributed by atoms with van der Waals surface area (Å²) in [7, 11) is 1.39. The van der Waals surface area contributed by atoms with Gasteiger partial charge in [0.2, 0.25) is 0 Å². The van der Waals surface area contributed by atoms with Gasteiger partial charge < -0.3 is 20.3 Å². The maximum absolute atomic E-state index is 10.2. The van der Waals surface area contributed by atoms with Crippen molar-refractivity contribution in [3.8, 4) is 5.75 Å². The molecule has 0 aromatic heterocycles. The van der Waals surface area contributed by atoms with Crippen LogP contribution in [0.25, 0.3) is 0 Å². The van der Waals surface area contributed by atoms with E-state index in [1.807, 2.05) is 0 Å². The summed E-state index contributed by atoms with van der Waals surface area (Å²) in [6, 6.07) is 3.04. The number of hydrogen-bond donors (Lipinski definition) is 3. The maximum atomic E-state index is 10.2. The lowest BCUT2D eigenvalue weighted by Gasteiger charge is -2.30. The molecule has 1 aliphatic rings. The van der Waals surface area contributed by atoms with Crippen LogP contribution in [0.1, 0.15) is 11.9 Å². The average molecular weight is 318 g/mol. The lowest BCUT2D eigenvalue weighted by molar-refractivity contribution is -0.267. The Morgan fingerprint density at radius 3 is 2.55 bits per heavy atom. The Balaban J connectivity index is 2.29. The molecule has 5 nitrogen and oxygen atoms in total. The zero-order valence-electron chi connectivity index (χ0n) is 10.5. The Morgan fingerprint density at radius 2 is 1.95 bits per heavy atom. The molecule has 0 saturated carbocycles. The second-order valence-electron chi connectivity index (χ2n) is 4.01. The smallest absolute Gasteiger partial charge is 0.270 e. The SMILES string of the molecule is COc1c(Cl)ccc(Cl)c1C(O)O[C@]1(O)C=CC=CN1. The minimum absolute atomic E-state index is 0.139. The topological polar surface area (TPSA) is 71.0 Å². The van der Waals surface area contributed by atoms with Gasteiger partial charge in [-0.05, 0) is 24.3 Å². The molecule has 7 heteroatoms. The molecule has 2 atom stereocenters. The van der Waals surface area contributed by atoms with Gasteiger partial charge in [0.15, 0.2) is 6.29 Å². The van der Waals surface area contributed by atoms with Crippen LogP contribution in [-0.2, 0) is 4.74 Å². The van der Waals surface area contributed by atoms with E-state index >= 15 is 0 Å². The van der Waals surface area contributed by atoms with E-state index in [0.29, 0.717) is 0 Å². The van der Waals surface area contributed by atoms with Gasteiger partial charge in [0, 0.05) is 6.20 Å². The summed E-state index contributed by atoms with van der Waals surface area (Å²) >= 11 is 12.0. The van der Waals surface area contributed by atoms with E-state index < -0.39 is 12.2 Å². The average Bonchev–Trinajstić information content (AvgIpc) is 2.41. The number of halogens is 2. The van der Waals surface area contributed by atoms with E-state index in [1.165, 1.54) is 31.5 Å². The molecule has 0 saturated heterocycles. The summed E-state index contributed by atoms with van der Waals surface area (Å²) in [5.41, 5.74) is 0.139. The Kier molecular flexibility index (Phi) is 4.57. The molecule has 1 unspecified atom stereocenters. The quantitative estimate of drug-likeness (QED) is 0.743. The third kappa shape index (κ3) is 3.08. The number of methoxy groups -OCH3 is 1. The third-order valence-corrected chi connectivity index (χ3v) is 3.28. The summed E-state index contributed by atoms with van der Waals surface area (Å²) in [6.45, 7) is 0. The summed E-state index contributed by atoms with van der Waals surface area (Å²) in [4.78, 5) is 0. The molecule has 3 N–H and O–H groups in total. The van der Waals surface area contributed by atoms with Crippen LogP contribution in [0.3, 0.4) is 0 Å². The molecule has 0 fully saturated rings. The molecule has 1 aromatic rings. The van der Waals surface area contributed by atoms with Crippen molar-refractivity contribution in [2.45, 2.75) is 12.2 Å². The summed E-state index contributed by atoms with van der Waals surface area (Å²) in [6.07, 6.45) is 4.51. The first-order valence-corrected chi connectivity index (χ1v) is 6.44.